The Labute approximate surface area is 124 Å². The molecule has 0 saturated heterocycles. The van der Waals surface area contributed by atoms with E-state index in [0.717, 1.165) is 0 Å². The lowest BCUT2D eigenvalue weighted by atomic mass is 10.2. The second kappa shape index (κ2) is 5.53. The molecule has 0 atom stereocenters. The van der Waals surface area contributed by atoms with E-state index in [1.54, 1.807) is 7.11 Å². The molecule has 0 aliphatic carbocycles. The molecule has 21 heavy (non-hydrogen) atoms. The number of benzene rings is 1. The van der Waals surface area contributed by atoms with Gasteiger partial charge in [0.1, 0.15) is 17.0 Å². The lowest BCUT2D eigenvalue weighted by molar-refractivity contribution is 0.416. The van der Waals surface area contributed by atoms with Crippen LogP contribution in [-0.4, -0.2) is 33.3 Å². The number of H-pyrrole nitrogens is 1. The highest BCUT2D eigenvalue weighted by molar-refractivity contribution is 7.98. The van der Waals surface area contributed by atoms with Crippen molar-refractivity contribution in [1.82, 2.24) is 19.9 Å². The first-order chi connectivity index (χ1) is 10.2. The van der Waals surface area contributed by atoms with E-state index in [1.165, 1.54) is 18.0 Å². The van der Waals surface area contributed by atoms with E-state index in [9.17, 15) is 4.79 Å². The molecule has 0 aliphatic rings. The number of thioether (sulfide) groups is 1. The van der Waals surface area contributed by atoms with Gasteiger partial charge in [-0.1, -0.05) is 23.9 Å². The molecule has 2 heterocycles. The summed E-state index contributed by atoms with van der Waals surface area (Å²) in [6, 6.07) is 7.36. The van der Waals surface area contributed by atoms with Gasteiger partial charge in [0.2, 0.25) is 0 Å². The molecule has 1 N–H and O–H groups in total. The second-order valence-corrected chi connectivity index (χ2v) is 4.98. The van der Waals surface area contributed by atoms with Crippen LogP contribution >= 0.6 is 11.8 Å². The number of nitrogens with one attached hydrogen (secondary N) is 1. The van der Waals surface area contributed by atoms with Crippen molar-refractivity contribution in [1.29, 1.82) is 0 Å². The van der Waals surface area contributed by atoms with Crippen LogP contribution in [0.25, 0.3) is 22.4 Å². The highest BCUT2D eigenvalue weighted by Gasteiger charge is 2.11. The van der Waals surface area contributed by atoms with Crippen molar-refractivity contribution in [2.45, 2.75) is 5.16 Å². The van der Waals surface area contributed by atoms with Gasteiger partial charge >= 0.3 is 0 Å². The van der Waals surface area contributed by atoms with Gasteiger partial charge in [0.15, 0.2) is 10.8 Å². The van der Waals surface area contributed by atoms with E-state index in [4.69, 9.17) is 4.74 Å². The normalized spacial score (nSPS) is 10.8. The molecule has 0 aliphatic heterocycles. The van der Waals surface area contributed by atoms with Crippen LogP contribution < -0.4 is 10.3 Å². The minimum atomic E-state index is -0.270. The molecule has 6 nitrogen and oxygen atoms in total. The van der Waals surface area contributed by atoms with Crippen LogP contribution in [0.2, 0.25) is 0 Å². The zero-order chi connectivity index (χ0) is 14.8. The van der Waals surface area contributed by atoms with Gasteiger partial charge in [-0.3, -0.25) is 4.79 Å². The van der Waals surface area contributed by atoms with Gasteiger partial charge in [-0.05, 0) is 18.4 Å². The maximum absolute atomic E-state index is 12.1. The van der Waals surface area contributed by atoms with Crippen LogP contribution in [0.3, 0.4) is 0 Å². The quantitative estimate of drug-likeness (QED) is 0.589. The predicted octanol–water partition coefficient (Wildman–Crippen LogP) is 2.11. The number of hydrogen-bond acceptors (Lipinski definition) is 6. The number of fused-ring (bicyclic) bond motifs is 1. The van der Waals surface area contributed by atoms with E-state index < -0.39 is 0 Å². The Morgan fingerprint density at radius 1 is 1.24 bits per heavy atom. The van der Waals surface area contributed by atoms with E-state index in [-0.39, 0.29) is 5.56 Å². The van der Waals surface area contributed by atoms with E-state index in [2.05, 4.69) is 19.9 Å². The van der Waals surface area contributed by atoms with Crippen molar-refractivity contribution in [2.24, 2.45) is 0 Å². The molecule has 1 aromatic carbocycles. The molecule has 7 heteroatoms. The Bertz CT molecular complexity index is 863. The Hall–Kier alpha value is -2.41. The summed E-state index contributed by atoms with van der Waals surface area (Å²) in [6.07, 6.45) is 3.36. The number of methoxy groups -OCH3 is 1. The first kappa shape index (κ1) is 13.6. The topological polar surface area (TPSA) is 80.8 Å². The highest BCUT2D eigenvalue weighted by Crippen LogP contribution is 2.26. The number of nitrogens with zero attached hydrogens (tertiary/aromatic N) is 3. The monoisotopic (exact) mass is 300 g/mol. The summed E-state index contributed by atoms with van der Waals surface area (Å²) in [5.74, 6) is 1.06. The average Bonchev–Trinajstić information content (AvgIpc) is 2.54. The molecule has 0 spiro atoms. The van der Waals surface area contributed by atoms with Crippen molar-refractivity contribution in [3.8, 4) is 17.1 Å². The maximum atomic E-state index is 12.1. The third-order valence-electron chi connectivity index (χ3n) is 2.99. The fourth-order valence-corrected chi connectivity index (χ4v) is 2.31. The van der Waals surface area contributed by atoms with E-state index >= 15 is 0 Å². The molecule has 0 bridgehead atoms. The van der Waals surface area contributed by atoms with Crippen LogP contribution in [0.4, 0.5) is 0 Å². The number of rotatable bonds is 3. The van der Waals surface area contributed by atoms with Crippen LogP contribution in [-0.2, 0) is 0 Å². The fraction of sp³-hybridized carbons (Fsp3) is 0.143. The summed E-state index contributed by atoms with van der Waals surface area (Å²) in [4.78, 5) is 27.7. The summed E-state index contributed by atoms with van der Waals surface area (Å²) in [5, 5.41) is 0.943. The fourth-order valence-electron chi connectivity index (χ4n) is 1.98. The Balaban J connectivity index is 2.26. The molecule has 0 amide bonds. The summed E-state index contributed by atoms with van der Waals surface area (Å²) in [7, 11) is 1.58. The number of para-hydroxylation sites is 1. The Morgan fingerprint density at radius 3 is 2.81 bits per heavy atom. The van der Waals surface area contributed by atoms with Crippen LogP contribution in [0.1, 0.15) is 0 Å². The number of aromatic amines is 1. The van der Waals surface area contributed by atoms with Gasteiger partial charge in [-0.25, -0.2) is 15.0 Å². The summed E-state index contributed by atoms with van der Waals surface area (Å²) in [5.41, 5.74) is 0.816. The molecule has 2 aromatic heterocycles. The SMILES string of the molecule is COc1ccccc1-c1nc2nc(SC)ncc2c(=O)[nH]1. The smallest absolute Gasteiger partial charge is 0.262 e. The van der Waals surface area contributed by atoms with Gasteiger partial charge in [0.05, 0.1) is 12.7 Å². The van der Waals surface area contributed by atoms with Gasteiger partial charge in [-0.15, -0.1) is 0 Å². The number of ether oxygens (including phenoxy) is 1. The first-order valence-corrected chi connectivity index (χ1v) is 7.40. The molecule has 106 valence electrons. The second-order valence-electron chi connectivity index (χ2n) is 4.21. The average molecular weight is 300 g/mol. The maximum Gasteiger partial charge on any atom is 0.262 e. The van der Waals surface area contributed by atoms with Crippen molar-refractivity contribution >= 4 is 22.8 Å². The van der Waals surface area contributed by atoms with Gasteiger partial charge < -0.3 is 9.72 Å². The van der Waals surface area contributed by atoms with Crippen molar-refractivity contribution in [3.05, 3.63) is 40.8 Å². The summed E-state index contributed by atoms with van der Waals surface area (Å²) < 4.78 is 5.30. The minimum absolute atomic E-state index is 0.270. The molecule has 0 unspecified atom stereocenters. The summed E-state index contributed by atoms with van der Waals surface area (Å²) >= 11 is 1.40. The van der Waals surface area contributed by atoms with Gasteiger partial charge in [0, 0.05) is 6.20 Å². The molecular formula is C14H12N4O2S. The Morgan fingerprint density at radius 2 is 2.05 bits per heavy atom. The van der Waals surface area contributed by atoms with Crippen molar-refractivity contribution in [3.63, 3.8) is 0 Å². The molecule has 0 radical (unpaired) electrons. The van der Waals surface area contributed by atoms with Crippen molar-refractivity contribution in [2.75, 3.05) is 13.4 Å². The van der Waals surface area contributed by atoms with E-state index in [1.807, 2.05) is 30.5 Å². The molecular weight excluding hydrogens is 288 g/mol. The van der Waals surface area contributed by atoms with Gasteiger partial charge in [-0.2, -0.15) is 0 Å². The summed E-state index contributed by atoms with van der Waals surface area (Å²) in [6.45, 7) is 0. The van der Waals surface area contributed by atoms with E-state index in [0.29, 0.717) is 33.3 Å². The number of hydrogen-bond donors (Lipinski definition) is 1. The van der Waals surface area contributed by atoms with Crippen LogP contribution in [0, 0.1) is 0 Å². The zero-order valence-electron chi connectivity index (χ0n) is 11.5. The first-order valence-electron chi connectivity index (χ1n) is 6.17. The lowest BCUT2D eigenvalue weighted by Gasteiger charge is -2.07. The number of aromatic nitrogens is 4. The third-order valence-corrected chi connectivity index (χ3v) is 3.55. The van der Waals surface area contributed by atoms with Crippen LogP contribution in [0.15, 0.2) is 40.4 Å². The standard InChI is InChI=1S/C14H12N4O2S/c1-20-10-6-4-3-5-8(10)11-16-12-9(13(19)17-11)7-15-14(18-12)21-2/h3-7H,1-2H3,(H,15,16,17,18,19). The Kier molecular flexibility index (Phi) is 3.57. The lowest BCUT2D eigenvalue weighted by Crippen LogP contribution is -2.11. The predicted molar refractivity (Wildman–Crippen MR) is 81.7 cm³/mol. The minimum Gasteiger partial charge on any atom is -0.496 e. The zero-order valence-corrected chi connectivity index (χ0v) is 12.3. The van der Waals surface area contributed by atoms with Gasteiger partial charge in [0.25, 0.3) is 5.56 Å². The molecule has 3 rings (SSSR count). The largest absolute Gasteiger partial charge is 0.496 e. The molecule has 0 fully saturated rings. The van der Waals surface area contributed by atoms with Crippen molar-refractivity contribution < 1.29 is 4.74 Å². The molecule has 3 aromatic rings. The third kappa shape index (κ3) is 2.47. The van der Waals surface area contributed by atoms with Crippen LogP contribution in [0.5, 0.6) is 5.75 Å². The molecule has 0 saturated carbocycles. The highest BCUT2D eigenvalue weighted by atomic mass is 32.2.